The van der Waals surface area contributed by atoms with Crippen molar-refractivity contribution in [1.82, 2.24) is 0 Å². The van der Waals surface area contributed by atoms with Crippen LogP contribution in [0.4, 0.5) is 0 Å². The summed E-state index contributed by atoms with van der Waals surface area (Å²) in [6, 6.07) is 0. The van der Waals surface area contributed by atoms with Gasteiger partial charge in [-0.15, -0.1) is 0 Å². The summed E-state index contributed by atoms with van der Waals surface area (Å²) in [7, 11) is -3.76. The molecular weight excluding hydrogens is 428 g/mol. The van der Waals surface area contributed by atoms with Gasteiger partial charge >= 0.3 is 0 Å². The number of hydrogen-bond donors (Lipinski definition) is 0. The predicted octanol–water partition coefficient (Wildman–Crippen LogP) is 8.56. The van der Waals surface area contributed by atoms with E-state index in [4.69, 9.17) is 13.6 Å². The standard InChI is InChI=1S/C27H50O3Si2/c1-12-13-14-15-16-17-18-19-20-21-22-28-23-25(30-32(10,11)27(5,6)7)24-29-31(8,9)26(2,3)4/h13-22,25H,12,23-24H2,1-11H3/b14-13+,16-15+,18-17+,20-19+,22-21+/t25-/m1/s1. The Balaban J connectivity index is 4.88. The van der Waals surface area contributed by atoms with Crippen molar-refractivity contribution in [3.05, 3.63) is 60.9 Å². The van der Waals surface area contributed by atoms with Gasteiger partial charge in [0.25, 0.3) is 0 Å². The normalized spacial score (nSPS) is 15.8. The minimum absolute atomic E-state index is 0.0696. The quantitative estimate of drug-likeness (QED) is 0.151. The van der Waals surface area contributed by atoms with Crippen molar-refractivity contribution in [2.24, 2.45) is 0 Å². The summed E-state index contributed by atoms with van der Waals surface area (Å²) >= 11 is 0. The van der Waals surface area contributed by atoms with E-state index in [2.05, 4.69) is 86.8 Å². The molecule has 0 bridgehead atoms. The van der Waals surface area contributed by atoms with Crippen LogP contribution in [0.2, 0.25) is 36.3 Å². The molecular formula is C27H50O3Si2. The van der Waals surface area contributed by atoms with E-state index in [1.165, 1.54) is 0 Å². The molecule has 0 aliphatic heterocycles. The fraction of sp³-hybridized carbons (Fsp3) is 0.630. The first kappa shape index (κ1) is 30.9. The van der Waals surface area contributed by atoms with E-state index < -0.39 is 16.6 Å². The second-order valence-electron chi connectivity index (χ2n) is 11.2. The third kappa shape index (κ3) is 12.8. The van der Waals surface area contributed by atoms with Gasteiger partial charge in [0.05, 0.1) is 12.9 Å². The van der Waals surface area contributed by atoms with E-state index >= 15 is 0 Å². The van der Waals surface area contributed by atoms with Gasteiger partial charge in [-0.25, -0.2) is 0 Å². The van der Waals surface area contributed by atoms with Crippen molar-refractivity contribution >= 4 is 16.6 Å². The Morgan fingerprint density at radius 1 is 0.656 bits per heavy atom. The van der Waals surface area contributed by atoms with Crippen LogP contribution in [0, 0.1) is 0 Å². The Bertz CT molecular complexity index is 657. The highest BCUT2D eigenvalue weighted by atomic mass is 28.4. The van der Waals surface area contributed by atoms with E-state index in [0.717, 1.165) is 6.42 Å². The van der Waals surface area contributed by atoms with E-state index in [1.54, 1.807) is 6.26 Å². The Kier molecular flexibility index (Phi) is 13.7. The number of ether oxygens (including phenoxy) is 1. The zero-order chi connectivity index (χ0) is 24.9. The molecule has 5 heteroatoms. The van der Waals surface area contributed by atoms with Gasteiger partial charge in [0.1, 0.15) is 12.7 Å². The molecule has 0 saturated heterocycles. The maximum atomic E-state index is 6.65. The summed E-state index contributed by atoms with van der Waals surface area (Å²) in [6.45, 7) is 25.9. The Morgan fingerprint density at radius 3 is 1.59 bits per heavy atom. The first-order chi connectivity index (χ1) is 14.6. The third-order valence-electron chi connectivity index (χ3n) is 6.31. The number of allylic oxidation sites excluding steroid dienone is 9. The largest absolute Gasteiger partial charge is 0.498 e. The van der Waals surface area contributed by atoms with Crippen LogP contribution in [-0.2, 0) is 13.6 Å². The predicted molar refractivity (Wildman–Crippen MR) is 147 cm³/mol. The Labute approximate surface area is 201 Å². The van der Waals surface area contributed by atoms with Gasteiger partial charge in [-0.3, -0.25) is 0 Å². The molecule has 0 aliphatic carbocycles. The number of rotatable bonds is 13. The van der Waals surface area contributed by atoms with Crippen LogP contribution >= 0.6 is 0 Å². The average Bonchev–Trinajstić information content (AvgIpc) is 2.64. The van der Waals surface area contributed by atoms with Gasteiger partial charge in [0, 0.05) is 0 Å². The molecule has 1 atom stereocenters. The first-order valence-corrected chi connectivity index (χ1v) is 17.7. The summed E-state index contributed by atoms with van der Waals surface area (Å²) in [5.41, 5.74) is 0. The van der Waals surface area contributed by atoms with Crippen LogP contribution in [-0.4, -0.2) is 36.0 Å². The van der Waals surface area contributed by atoms with E-state index in [-0.39, 0.29) is 16.2 Å². The fourth-order valence-corrected chi connectivity index (χ4v) is 4.45. The van der Waals surface area contributed by atoms with Gasteiger partial charge < -0.3 is 13.6 Å². The molecule has 0 amide bonds. The lowest BCUT2D eigenvalue weighted by Crippen LogP contribution is -2.49. The molecule has 0 unspecified atom stereocenters. The molecule has 0 heterocycles. The van der Waals surface area contributed by atoms with E-state index in [0.29, 0.717) is 13.2 Å². The fourth-order valence-electron chi connectivity index (χ4n) is 2.09. The molecule has 0 rings (SSSR count). The van der Waals surface area contributed by atoms with Gasteiger partial charge in [-0.2, -0.15) is 0 Å². The molecule has 0 radical (unpaired) electrons. The molecule has 0 aromatic heterocycles. The summed E-state index contributed by atoms with van der Waals surface area (Å²) in [5, 5.41) is 0.322. The highest BCUT2D eigenvalue weighted by Gasteiger charge is 2.41. The Hall–Kier alpha value is -1.15. The van der Waals surface area contributed by atoms with E-state index in [1.807, 2.05) is 42.5 Å². The van der Waals surface area contributed by atoms with Gasteiger partial charge in [-0.05, 0) is 48.8 Å². The van der Waals surface area contributed by atoms with Crippen LogP contribution < -0.4 is 0 Å². The average molecular weight is 479 g/mol. The SMILES string of the molecule is CC/C=C/C=C/C=C/C=C/C=C/OC[C@H](CO[Si](C)(C)C(C)(C)C)O[Si](C)(C)C(C)(C)C. The van der Waals surface area contributed by atoms with E-state index in [9.17, 15) is 0 Å². The lowest BCUT2D eigenvalue weighted by Gasteiger charge is -2.41. The van der Waals surface area contributed by atoms with Crippen LogP contribution in [0.25, 0.3) is 0 Å². The molecule has 0 fully saturated rings. The summed E-state index contributed by atoms with van der Waals surface area (Å²) < 4.78 is 18.9. The van der Waals surface area contributed by atoms with Crippen molar-refractivity contribution < 1.29 is 13.6 Å². The summed E-state index contributed by atoms with van der Waals surface area (Å²) in [5.74, 6) is 0. The van der Waals surface area contributed by atoms with Crippen molar-refractivity contribution in [3.8, 4) is 0 Å². The minimum Gasteiger partial charge on any atom is -0.498 e. The summed E-state index contributed by atoms with van der Waals surface area (Å²) in [4.78, 5) is 0. The Morgan fingerprint density at radius 2 is 1.12 bits per heavy atom. The minimum atomic E-state index is -1.92. The van der Waals surface area contributed by atoms with Gasteiger partial charge in [0.15, 0.2) is 16.6 Å². The van der Waals surface area contributed by atoms with Gasteiger partial charge in [-0.1, -0.05) is 97.1 Å². The highest BCUT2D eigenvalue weighted by molar-refractivity contribution is 6.74. The highest BCUT2D eigenvalue weighted by Crippen LogP contribution is 2.39. The molecule has 0 aliphatic rings. The molecule has 0 aromatic rings. The van der Waals surface area contributed by atoms with Crippen LogP contribution in [0.15, 0.2) is 60.9 Å². The van der Waals surface area contributed by atoms with Crippen LogP contribution in [0.3, 0.4) is 0 Å². The van der Waals surface area contributed by atoms with Crippen molar-refractivity contribution in [1.29, 1.82) is 0 Å². The van der Waals surface area contributed by atoms with Crippen molar-refractivity contribution in [2.75, 3.05) is 13.2 Å². The van der Waals surface area contributed by atoms with Gasteiger partial charge in [0.2, 0.25) is 0 Å². The molecule has 0 N–H and O–H groups in total. The zero-order valence-electron chi connectivity index (χ0n) is 22.7. The summed E-state index contributed by atoms with van der Waals surface area (Å²) in [6.07, 6.45) is 20.8. The smallest absolute Gasteiger partial charge is 0.192 e. The molecule has 32 heavy (non-hydrogen) atoms. The monoisotopic (exact) mass is 478 g/mol. The molecule has 3 nitrogen and oxygen atoms in total. The molecule has 0 aromatic carbocycles. The lowest BCUT2D eigenvalue weighted by atomic mass is 10.2. The molecule has 184 valence electrons. The van der Waals surface area contributed by atoms with Crippen molar-refractivity contribution in [3.63, 3.8) is 0 Å². The molecule has 0 spiro atoms. The number of hydrogen-bond acceptors (Lipinski definition) is 3. The lowest BCUT2D eigenvalue weighted by molar-refractivity contribution is 0.0497. The van der Waals surface area contributed by atoms with Crippen LogP contribution in [0.5, 0.6) is 0 Å². The topological polar surface area (TPSA) is 27.7 Å². The third-order valence-corrected chi connectivity index (χ3v) is 15.3. The second kappa shape index (κ2) is 14.2. The maximum absolute atomic E-state index is 6.65. The van der Waals surface area contributed by atoms with Crippen LogP contribution in [0.1, 0.15) is 54.9 Å². The zero-order valence-corrected chi connectivity index (χ0v) is 24.7. The maximum Gasteiger partial charge on any atom is 0.192 e. The first-order valence-electron chi connectivity index (χ1n) is 11.9. The van der Waals surface area contributed by atoms with Crippen molar-refractivity contribution in [2.45, 2.75) is 97.3 Å². The second-order valence-corrected chi connectivity index (χ2v) is 20.8. The molecule has 0 saturated carbocycles.